The first-order chi connectivity index (χ1) is 12.8. The molecule has 2 N–H and O–H groups in total. The summed E-state index contributed by atoms with van der Waals surface area (Å²) in [4.78, 5) is 16.7. The minimum absolute atomic E-state index is 0.108. The van der Waals surface area contributed by atoms with Crippen molar-refractivity contribution >= 4 is 16.1 Å². The van der Waals surface area contributed by atoms with Gasteiger partial charge in [-0.25, -0.2) is 17.5 Å². The fraction of sp³-hybridized carbons (Fsp3) is 0.684. The van der Waals surface area contributed by atoms with Crippen molar-refractivity contribution in [2.45, 2.75) is 57.9 Å². The Kier molecular flexibility index (Phi) is 7.61. The van der Waals surface area contributed by atoms with E-state index in [1.54, 1.807) is 10.5 Å². The molecule has 1 aromatic heterocycles. The van der Waals surface area contributed by atoms with Gasteiger partial charge in [0.15, 0.2) is 0 Å². The molecule has 1 aliphatic heterocycles. The molecular weight excluding hydrogens is 364 g/mol. The van der Waals surface area contributed by atoms with Crippen LogP contribution in [0.5, 0.6) is 0 Å². The van der Waals surface area contributed by atoms with Gasteiger partial charge < -0.3 is 10.6 Å². The average Bonchev–Trinajstić information content (AvgIpc) is 2.67. The number of aromatic nitrogens is 1. The summed E-state index contributed by atoms with van der Waals surface area (Å²) < 4.78 is 26.3. The van der Waals surface area contributed by atoms with Crippen LogP contribution >= 0.6 is 0 Å². The molecule has 2 amide bonds. The summed E-state index contributed by atoms with van der Waals surface area (Å²) in [5.74, 6) is 0.180. The van der Waals surface area contributed by atoms with Crippen LogP contribution in [-0.2, 0) is 15.4 Å². The average molecular weight is 397 g/mol. The van der Waals surface area contributed by atoms with Crippen molar-refractivity contribution in [1.29, 1.82) is 0 Å². The van der Waals surface area contributed by atoms with Gasteiger partial charge in [0, 0.05) is 43.0 Å². The van der Waals surface area contributed by atoms with Crippen molar-refractivity contribution in [3.05, 3.63) is 30.1 Å². The number of hydrogen-bond donors (Lipinski definition) is 2. The third kappa shape index (κ3) is 5.65. The molecule has 1 atom stereocenters. The first-order valence-corrected chi connectivity index (χ1v) is 11.4. The van der Waals surface area contributed by atoms with Gasteiger partial charge >= 0.3 is 6.03 Å². The molecule has 0 radical (unpaired) electrons. The van der Waals surface area contributed by atoms with Crippen LogP contribution in [0.4, 0.5) is 4.79 Å². The van der Waals surface area contributed by atoms with E-state index in [-0.39, 0.29) is 23.2 Å². The zero-order valence-corrected chi connectivity index (χ0v) is 17.4. The Hall–Kier alpha value is -1.67. The maximum atomic E-state index is 12.4. The Bertz CT molecular complexity index is 701. The van der Waals surface area contributed by atoms with Crippen molar-refractivity contribution in [3.8, 4) is 0 Å². The first-order valence-electron chi connectivity index (χ1n) is 9.76. The third-order valence-electron chi connectivity index (χ3n) is 5.32. The van der Waals surface area contributed by atoms with Crippen LogP contribution in [-0.4, -0.2) is 55.2 Å². The van der Waals surface area contributed by atoms with E-state index in [1.807, 2.05) is 39.0 Å². The molecule has 1 fully saturated rings. The molecule has 1 saturated heterocycles. The number of pyridine rings is 1. The topological polar surface area (TPSA) is 91.4 Å². The predicted octanol–water partition coefficient (Wildman–Crippen LogP) is 2.25. The van der Waals surface area contributed by atoms with Crippen LogP contribution in [0.2, 0.25) is 0 Å². The molecule has 0 saturated carbocycles. The molecule has 1 aromatic rings. The highest BCUT2D eigenvalue weighted by Crippen LogP contribution is 2.34. The van der Waals surface area contributed by atoms with Crippen molar-refractivity contribution in [2.24, 2.45) is 0 Å². The number of carbonyl (C=O) groups is 1. The highest BCUT2D eigenvalue weighted by molar-refractivity contribution is 7.89. The quantitative estimate of drug-likeness (QED) is 0.705. The minimum atomic E-state index is -3.20. The Labute approximate surface area is 163 Å². The van der Waals surface area contributed by atoms with Crippen molar-refractivity contribution < 1.29 is 13.2 Å². The van der Waals surface area contributed by atoms with Crippen LogP contribution in [0.1, 0.15) is 52.1 Å². The fourth-order valence-electron chi connectivity index (χ4n) is 3.41. The SMILES string of the molecule is CCCS(=O)(=O)N1CCC(CNC(=O)NC(C)CC)(c2ccccn2)CC1. The zero-order chi connectivity index (χ0) is 19.9. The van der Waals surface area contributed by atoms with Gasteiger partial charge in [-0.15, -0.1) is 0 Å². The molecule has 2 heterocycles. The second kappa shape index (κ2) is 9.50. The standard InChI is InChI=1S/C19H32N4O3S/c1-4-14-27(25,26)23-12-9-19(10-13-23,17-8-6-7-11-20-17)15-21-18(24)22-16(3)5-2/h6-8,11,16H,4-5,9-10,12-15H2,1-3H3,(H2,21,22,24). The molecule has 1 unspecified atom stereocenters. The van der Waals surface area contributed by atoms with E-state index in [4.69, 9.17) is 0 Å². The highest BCUT2D eigenvalue weighted by atomic mass is 32.2. The van der Waals surface area contributed by atoms with Gasteiger partial charge in [0.25, 0.3) is 0 Å². The summed E-state index contributed by atoms with van der Waals surface area (Å²) in [6.45, 7) is 7.20. The molecule has 152 valence electrons. The molecule has 27 heavy (non-hydrogen) atoms. The van der Waals surface area contributed by atoms with E-state index in [2.05, 4.69) is 15.6 Å². The van der Waals surface area contributed by atoms with Crippen LogP contribution in [0.15, 0.2) is 24.4 Å². The summed E-state index contributed by atoms with van der Waals surface area (Å²) >= 11 is 0. The lowest BCUT2D eigenvalue weighted by Crippen LogP contribution is -2.52. The van der Waals surface area contributed by atoms with Gasteiger partial charge in [-0.1, -0.05) is 19.9 Å². The third-order valence-corrected chi connectivity index (χ3v) is 7.40. The minimum Gasteiger partial charge on any atom is -0.337 e. The maximum absolute atomic E-state index is 12.4. The number of hydrogen-bond acceptors (Lipinski definition) is 4. The lowest BCUT2D eigenvalue weighted by molar-refractivity contribution is 0.209. The number of nitrogens with zero attached hydrogens (tertiary/aromatic N) is 2. The van der Waals surface area contributed by atoms with E-state index in [9.17, 15) is 13.2 Å². The number of piperidine rings is 1. The number of rotatable bonds is 8. The molecular formula is C19H32N4O3S. The predicted molar refractivity (Wildman–Crippen MR) is 107 cm³/mol. The number of sulfonamides is 1. The Morgan fingerprint density at radius 1 is 1.30 bits per heavy atom. The summed E-state index contributed by atoms with van der Waals surface area (Å²) in [6, 6.07) is 5.67. The van der Waals surface area contributed by atoms with Gasteiger partial charge in [0.05, 0.1) is 5.75 Å². The molecule has 0 aliphatic carbocycles. The molecule has 2 rings (SSSR count). The first kappa shape index (κ1) is 21.6. The van der Waals surface area contributed by atoms with Gasteiger partial charge in [0.1, 0.15) is 0 Å². The number of carbonyl (C=O) groups excluding carboxylic acids is 1. The van der Waals surface area contributed by atoms with Crippen LogP contribution in [0.3, 0.4) is 0 Å². The van der Waals surface area contributed by atoms with Gasteiger partial charge in [-0.05, 0) is 44.7 Å². The monoisotopic (exact) mass is 396 g/mol. The van der Waals surface area contributed by atoms with Crippen molar-refractivity contribution in [2.75, 3.05) is 25.4 Å². The van der Waals surface area contributed by atoms with Gasteiger partial charge in [-0.3, -0.25) is 4.98 Å². The summed E-state index contributed by atoms with van der Waals surface area (Å²) in [6.07, 6.45) is 4.49. The lowest BCUT2D eigenvalue weighted by atomic mass is 9.75. The largest absolute Gasteiger partial charge is 0.337 e. The van der Waals surface area contributed by atoms with E-state index in [0.717, 1.165) is 12.1 Å². The van der Waals surface area contributed by atoms with Gasteiger partial charge in [0.2, 0.25) is 10.0 Å². The molecule has 0 bridgehead atoms. The molecule has 7 nitrogen and oxygen atoms in total. The lowest BCUT2D eigenvalue weighted by Gasteiger charge is -2.41. The van der Waals surface area contributed by atoms with E-state index < -0.39 is 10.0 Å². The van der Waals surface area contributed by atoms with Crippen molar-refractivity contribution in [1.82, 2.24) is 19.9 Å². The highest BCUT2D eigenvalue weighted by Gasteiger charge is 2.40. The van der Waals surface area contributed by atoms with E-state index in [0.29, 0.717) is 38.9 Å². The molecule has 1 aliphatic rings. The van der Waals surface area contributed by atoms with Crippen molar-refractivity contribution in [3.63, 3.8) is 0 Å². The summed E-state index contributed by atoms with van der Waals surface area (Å²) in [7, 11) is -3.20. The van der Waals surface area contributed by atoms with Gasteiger partial charge in [-0.2, -0.15) is 0 Å². The number of urea groups is 1. The van der Waals surface area contributed by atoms with E-state index >= 15 is 0 Å². The number of nitrogens with one attached hydrogen (secondary N) is 2. The second-order valence-electron chi connectivity index (χ2n) is 7.35. The Morgan fingerprint density at radius 3 is 2.56 bits per heavy atom. The Balaban J connectivity index is 2.11. The maximum Gasteiger partial charge on any atom is 0.315 e. The summed E-state index contributed by atoms with van der Waals surface area (Å²) in [5, 5.41) is 5.89. The Morgan fingerprint density at radius 2 is 2.00 bits per heavy atom. The molecule has 0 spiro atoms. The van der Waals surface area contributed by atoms with Crippen LogP contribution in [0, 0.1) is 0 Å². The van der Waals surface area contributed by atoms with E-state index in [1.165, 1.54) is 0 Å². The smallest absolute Gasteiger partial charge is 0.315 e. The molecule has 0 aromatic carbocycles. The second-order valence-corrected chi connectivity index (χ2v) is 9.44. The zero-order valence-electron chi connectivity index (χ0n) is 16.6. The van der Waals surface area contributed by atoms with Crippen LogP contribution < -0.4 is 10.6 Å². The number of amides is 2. The fourth-order valence-corrected chi connectivity index (χ4v) is 4.92. The van der Waals surface area contributed by atoms with Crippen LogP contribution in [0.25, 0.3) is 0 Å². The normalized spacial score (nSPS) is 18.6. The molecule has 8 heteroatoms. The summed E-state index contributed by atoms with van der Waals surface area (Å²) in [5.41, 5.74) is 0.549.